The van der Waals surface area contributed by atoms with Crippen LogP contribution in [0.25, 0.3) is 23.0 Å². The summed E-state index contributed by atoms with van der Waals surface area (Å²) in [6.07, 6.45) is -3.22. The zero-order chi connectivity index (χ0) is 38.0. The predicted octanol–water partition coefficient (Wildman–Crippen LogP) is 7.94. The number of rotatable bonds is 10. The van der Waals surface area contributed by atoms with E-state index >= 15 is 0 Å². The van der Waals surface area contributed by atoms with Crippen LogP contribution < -0.4 is 19.6 Å². The molecular formula is C40H31F3N4O5S2. The maximum absolute atomic E-state index is 14.3. The Bertz CT molecular complexity index is 2530. The Kier molecular flexibility index (Phi) is 10.4. The molecule has 274 valence electrons. The van der Waals surface area contributed by atoms with Gasteiger partial charge in [-0.25, -0.2) is 19.8 Å². The largest absolute Gasteiger partial charge is 0.491 e. The first-order chi connectivity index (χ1) is 26.0. The number of benzene rings is 3. The highest BCUT2D eigenvalue weighted by Crippen LogP contribution is 2.37. The highest BCUT2D eigenvalue weighted by molar-refractivity contribution is 7.99. The van der Waals surface area contributed by atoms with Crippen LogP contribution in [0, 0.1) is 0 Å². The molecule has 0 amide bonds. The number of thiazole rings is 1. The van der Waals surface area contributed by atoms with E-state index in [1.54, 1.807) is 61.5 Å². The van der Waals surface area contributed by atoms with Crippen LogP contribution in [-0.2, 0) is 15.7 Å². The van der Waals surface area contributed by atoms with E-state index in [0.29, 0.717) is 32.9 Å². The first-order valence-electron chi connectivity index (χ1n) is 16.8. The van der Waals surface area contributed by atoms with Crippen LogP contribution in [0.3, 0.4) is 0 Å². The van der Waals surface area contributed by atoms with E-state index in [1.807, 2.05) is 56.3 Å². The first-order valence-corrected chi connectivity index (χ1v) is 18.5. The van der Waals surface area contributed by atoms with E-state index in [0.717, 1.165) is 29.2 Å². The Hall–Kier alpha value is -5.73. The Morgan fingerprint density at radius 2 is 1.65 bits per heavy atom. The second-order valence-electron chi connectivity index (χ2n) is 12.2. The number of halogens is 3. The monoisotopic (exact) mass is 768 g/mol. The number of furan rings is 1. The van der Waals surface area contributed by atoms with Crippen LogP contribution in [0.2, 0.25) is 0 Å². The molecule has 4 heterocycles. The van der Waals surface area contributed by atoms with Crippen molar-refractivity contribution in [3.8, 4) is 17.0 Å². The highest BCUT2D eigenvalue weighted by atomic mass is 32.2. The summed E-state index contributed by atoms with van der Waals surface area (Å²) in [6.45, 7) is 5.66. The number of fused-ring (bicyclic) bond motifs is 1. The van der Waals surface area contributed by atoms with Crippen molar-refractivity contribution in [2.24, 2.45) is 4.99 Å². The summed E-state index contributed by atoms with van der Waals surface area (Å²) >= 11 is 1.93. The van der Waals surface area contributed by atoms with Gasteiger partial charge in [-0.1, -0.05) is 84.1 Å². The fourth-order valence-electron chi connectivity index (χ4n) is 5.82. The molecule has 0 radical (unpaired) electrons. The van der Waals surface area contributed by atoms with Gasteiger partial charge in [0.2, 0.25) is 0 Å². The minimum absolute atomic E-state index is 0.0574. The van der Waals surface area contributed by atoms with Crippen molar-refractivity contribution in [2.45, 2.75) is 49.3 Å². The molecule has 0 unspecified atom stereocenters. The minimum Gasteiger partial charge on any atom is -0.491 e. The lowest BCUT2D eigenvalue weighted by molar-refractivity contribution is -0.141. The van der Waals surface area contributed by atoms with Crippen LogP contribution in [0.4, 0.5) is 13.2 Å². The number of nitrogens with zero attached hydrogens (tertiary/aromatic N) is 4. The summed E-state index contributed by atoms with van der Waals surface area (Å²) in [6, 6.07) is 28.1. The average Bonchev–Trinajstić information content (AvgIpc) is 3.73. The Morgan fingerprint density at radius 1 is 0.963 bits per heavy atom. The van der Waals surface area contributed by atoms with Crippen molar-refractivity contribution in [1.82, 2.24) is 14.5 Å². The molecule has 0 saturated carbocycles. The zero-order valence-corrected chi connectivity index (χ0v) is 30.7. The highest BCUT2D eigenvalue weighted by Gasteiger charge is 2.36. The fourth-order valence-corrected chi connectivity index (χ4v) is 7.54. The van der Waals surface area contributed by atoms with E-state index in [-0.39, 0.29) is 44.5 Å². The van der Waals surface area contributed by atoms with E-state index in [9.17, 15) is 22.8 Å². The third-order valence-corrected chi connectivity index (χ3v) is 9.84. The van der Waals surface area contributed by atoms with Gasteiger partial charge in [0.1, 0.15) is 17.2 Å². The quantitative estimate of drug-likeness (QED) is 0.102. The van der Waals surface area contributed by atoms with Gasteiger partial charge in [0, 0.05) is 17.2 Å². The molecule has 14 heteroatoms. The van der Waals surface area contributed by atoms with E-state index in [4.69, 9.17) is 18.9 Å². The zero-order valence-electron chi connectivity index (χ0n) is 29.0. The van der Waals surface area contributed by atoms with Crippen molar-refractivity contribution in [3.63, 3.8) is 0 Å². The standard InChI is InChI=1S/C40H31F3N4O5S2/c1-4-50-37(49)33-34(25-13-9-6-10-14-25)46-39-47(35(33)26-15-17-27(18-16-26)51-23(2)3)36(48)30(53-39)21-28-19-20-32(52-28)54-38-44-29(24-11-7-5-8-12-24)22-31(45-38)40(41,42)43/h5-23,35H,4H2,1-3H3/b30-21-/t35-/m1/s1. The third-order valence-electron chi connectivity index (χ3n) is 8.07. The molecular weight excluding hydrogens is 738 g/mol. The molecule has 0 saturated heterocycles. The Balaban J connectivity index is 1.31. The fraction of sp³-hybridized carbons (Fsp3) is 0.175. The number of esters is 1. The number of alkyl halides is 3. The van der Waals surface area contributed by atoms with Gasteiger partial charge >= 0.3 is 12.1 Å². The summed E-state index contributed by atoms with van der Waals surface area (Å²) < 4.78 is 60.5. The van der Waals surface area contributed by atoms with Crippen molar-refractivity contribution in [1.29, 1.82) is 0 Å². The van der Waals surface area contributed by atoms with Crippen molar-refractivity contribution >= 4 is 40.8 Å². The van der Waals surface area contributed by atoms with Gasteiger partial charge in [-0.3, -0.25) is 9.36 Å². The molecule has 1 atom stereocenters. The number of aromatic nitrogens is 3. The van der Waals surface area contributed by atoms with Gasteiger partial charge in [0.05, 0.1) is 40.2 Å². The lowest BCUT2D eigenvalue weighted by Crippen LogP contribution is -2.40. The lowest BCUT2D eigenvalue weighted by Gasteiger charge is -2.26. The smallest absolute Gasteiger partial charge is 0.433 e. The molecule has 3 aromatic carbocycles. The number of hydrogen-bond acceptors (Lipinski definition) is 10. The predicted molar refractivity (Wildman–Crippen MR) is 199 cm³/mol. The molecule has 7 rings (SSSR count). The van der Waals surface area contributed by atoms with Crippen LogP contribution in [0.5, 0.6) is 5.75 Å². The lowest BCUT2D eigenvalue weighted by atomic mass is 9.93. The molecule has 0 bridgehead atoms. The topological polar surface area (TPSA) is 109 Å². The minimum atomic E-state index is -4.69. The Labute approximate surface area is 315 Å². The molecule has 9 nitrogen and oxygen atoms in total. The number of carbonyl (C=O) groups is 1. The van der Waals surface area contributed by atoms with E-state index < -0.39 is 29.4 Å². The first kappa shape index (κ1) is 36.6. The van der Waals surface area contributed by atoms with E-state index in [1.165, 1.54) is 10.6 Å². The molecule has 0 fully saturated rings. The average molecular weight is 769 g/mol. The molecule has 6 aromatic rings. The SMILES string of the molecule is CCOC(=O)C1=C(c2ccccc2)N=c2s/c(=C\c3ccc(Sc4nc(-c5ccccc5)cc(C(F)(F)F)n4)o3)c(=O)n2[C@@H]1c1ccc(OC(C)C)cc1. The molecule has 1 aliphatic heterocycles. The summed E-state index contributed by atoms with van der Waals surface area (Å²) in [4.78, 5) is 41.3. The molecule has 54 heavy (non-hydrogen) atoms. The normalized spacial score (nSPS) is 14.6. The van der Waals surface area contributed by atoms with Crippen LogP contribution in [-0.4, -0.2) is 33.2 Å². The van der Waals surface area contributed by atoms with Crippen molar-refractivity contribution < 1.29 is 31.9 Å². The van der Waals surface area contributed by atoms with Gasteiger partial charge in [0.25, 0.3) is 5.56 Å². The number of ether oxygens (including phenoxy) is 2. The number of carbonyl (C=O) groups excluding carboxylic acids is 1. The van der Waals surface area contributed by atoms with Crippen molar-refractivity contribution in [3.05, 3.63) is 151 Å². The maximum Gasteiger partial charge on any atom is 0.433 e. The van der Waals surface area contributed by atoms with Gasteiger partial charge in [-0.05, 0) is 68.4 Å². The molecule has 3 aromatic heterocycles. The molecule has 1 aliphatic rings. The molecule has 0 N–H and O–H groups in total. The second kappa shape index (κ2) is 15.3. The van der Waals surface area contributed by atoms with Crippen molar-refractivity contribution in [2.75, 3.05) is 6.61 Å². The summed E-state index contributed by atoms with van der Waals surface area (Å²) in [7, 11) is 0. The van der Waals surface area contributed by atoms with Gasteiger partial charge in [-0.15, -0.1) is 0 Å². The molecule has 0 aliphatic carbocycles. The summed E-state index contributed by atoms with van der Waals surface area (Å²) in [5.41, 5.74) is 0.985. The van der Waals surface area contributed by atoms with Gasteiger partial charge in [-0.2, -0.15) is 13.2 Å². The van der Waals surface area contributed by atoms with Gasteiger partial charge < -0.3 is 13.9 Å². The summed E-state index contributed by atoms with van der Waals surface area (Å²) in [5, 5.41) is 0.0543. The van der Waals surface area contributed by atoms with E-state index in [2.05, 4.69) is 9.97 Å². The van der Waals surface area contributed by atoms with Crippen LogP contribution in [0.15, 0.2) is 133 Å². The van der Waals surface area contributed by atoms with Crippen LogP contribution in [0.1, 0.15) is 49.4 Å². The third kappa shape index (κ3) is 7.80. The number of hydrogen-bond donors (Lipinski definition) is 0. The Morgan fingerprint density at radius 3 is 2.30 bits per heavy atom. The van der Waals surface area contributed by atoms with Crippen LogP contribution >= 0.6 is 23.1 Å². The second-order valence-corrected chi connectivity index (χ2v) is 14.2. The van der Waals surface area contributed by atoms with Gasteiger partial charge in [0.15, 0.2) is 15.1 Å². The maximum atomic E-state index is 14.3. The molecule has 0 spiro atoms. The summed E-state index contributed by atoms with van der Waals surface area (Å²) in [5.74, 6) is 0.281.